The number of rotatable bonds is 3. The molecule has 0 aliphatic carbocycles. The molecule has 2 aromatic rings. The summed E-state index contributed by atoms with van der Waals surface area (Å²) in [7, 11) is -2.47. The summed E-state index contributed by atoms with van der Waals surface area (Å²) in [6.45, 7) is 0.531. The van der Waals surface area contributed by atoms with E-state index in [0.29, 0.717) is 35.6 Å². The van der Waals surface area contributed by atoms with Gasteiger partial charge in [-0.15, -0.1) is 4.40 Å². The number of carbonyl (C=O) groups is 2. The van der Waals surface area contributed by atoms with Crippen molar-refractivity contribution in [1.29, 1.82) is 0 Å². The van der Waals surface area contributed by atoms with Gasteiger partial charge in [0.25, 0.3) is 10.0 Å². The van der Waals surface area contributed by atoms with Crippen LogP contribution in [0.5, 0.6) is 0 Å². The zero-order chi connectivity index (χ0) is 20.6. The number of amides is 1. The van der Waals surface area contributed by atoms with Crippen molar-refractivity contribution < 1.29 is 22.7 Å². The number of hydrogen-bond donors (Lipinski definition) is 1. The number of carbonyl (C=O) groups excluding carboxylic acids is 2. The Hall–Kier alpha value is -3.20. The Balaban J connectivity index is 1.58. The molecule has 2 aromatic carbocycles. The summed E-state index contributed by atoms with van der Waals surface area (Å²) in [6, 6.07) is 12.5. The summed E-state index contributed by atoms with van der Waals surface area (Å²) < 4.78 is 33.4. The third-order valence-corrected chi connectivity index (χ3v) is 6.32. The molecule has 29 heavy (non-hydrogen) atoms. The van der Waals surface area contributed by atoms with Crippen molar-refractivity contribution in [2.75, 3.05) is 19.0 Å². The van der Waals surface area contributed by atoms with Gasteiger partial charge in [0.15, 0.2) is 5.84 Å². The normalized spacial score (nSPS) is 19.4. The van der Waals surface area contributed by atoms with E-state index in [1.807, 2.05) is 0 Å². The highest BCUT2D eigenvalue weighted by Gasteiger charge is 2.39. The molecule has 1 saturated heterocycles. The Morgan fingerprint density at radius 1 is 1.17 bits per heavy atom. The summed E-state index contributed by atoms with van der Waals surface area (Å²) in [4.78, 5) is 26.5. The molecule has 0 saturated carbocycles. The van der Waals surface area contributed by atoms with Gasteiger partial charge in [0.2, 0.25) is 5.91 Å². The Bertz CT molecular complexity index is 1130. The van der Waals surface area contributed by atoms with E-state index in [1.54, 1.807) is 41.3 Å². The number of nitrogens with zero attached hydrogens (tertiary/aromatic N) is 2. The number of methoxy groups -OCH3 is 1. The van der Waals surface area contributed by atoms with Gasteiger partial charge in [0.05, 0.1) is 12.7 Å². The minimum absolute atomic E-state index is 0.159. The maximum absolute atomic E-state index is 12.9. The van der Waals surface area contributed by atoms with Gasteiger partial charge in [-0.05, 0) is 43.2 Å². The van der Waals surface area contributed by atoms with Crippen molar-refractivity contribution in [3.8, 4) is 0 Å². The topological polar surface area (TPSA) is 105 Å². The molecule has 150 valence electrons. The van der Waals surface area contributed by atoms with E-state index in [9.17, 15) is 18.0 Å². The van der Waals surface area contributed by atoms with Crippen LogP contribution in [0.25, 0.3) is 0 Å². The first kappa shape index (κ1) is 19.1. The van der Waals surface area contributed by atoms with Crippen LogP contribution in [0.1, 0.15) is 28.8 Å². The smallest absolute Gasteiger partial charge is 0.337 e. The number of ether oxygens (including phenoxy) is 1. The van der Waals surface area contributed by atoms with E-state index >= 15 is 0 Å². The molecule has 0 bridgehead atoms. The van der Waals surface area contributed by atoms with Crippen molar-refractivity contribution in [2.24, 2.45) is 4.40 Å². The molecule has 9 heteroatoms. The third kappa shape index (κ3) is 3.49. The summed E-state index contributed by atoms with van der Waals surface area (Å²) in [5.41, 5.74) is 1.31. The second kappa shape index (κ2) is 7.32. The lowest BCUT2D eigenvalue weighted by molar-refractivity contribution is -0.119. The summed E-state index contributed by atoms with van der Waals surface area (Å²) in [6.07, 6.45) is 1.31. The van der Waals surface area contributed by atoms with Gasteiger partial charge in [-0.25, -0.2) is 4.79 Å². The van der Waals surface area contributed by atoms with Crippen molar-refractivity contribution in [3.05, 3.63) is 59.7 Å². The lowest BCUT2D eigenvalue weighted by atomic mass is 10.1. The van der Waals surface area contributed by atoms with Crippen molar-refractivity contribution >= 4 is 33.4 Å². The molecular formula is C20H19N3O5S. The molecule has 2 heterocycles. The van der Waals surface area contributed by atoms with Gasteiger partial charge in [-0.3, -0.25) is 4.79 Å². The average Bonchev–Trinajstić information content (AvgIpc) is 3.30. The fourth-order valence-electron chi connectivity index (χ4n) is 3.66. The second-order valence-corrected chi connectivity index (χ2v) is 8.37. The van der Waals surface area contributed by atoms with E-state index in [0.717, 1.165) is 6.42 Å². The van der Waals surface area contributed by atoms with Gasteiger partial charge in [-0.1, -0.05) is 18.2 Å². The van der Waals surface area contributed by atoms with Crippen LogP contribution in [0.2, 0.25) is 0 Å². The Labute approximate surface area is 168 Å². The maximum atomic E-state index is 12.9. The molecule has 1 amide bonds. The Morgan fingerprint density at radius 2 is 1.97 bits per heavy atom. The average molecular weight is 413 g/mol. The number of amidine groups is 1. The standard InChI is InChI=1S/C20H19N3O5S/c1-28-20(25)13-6-4-7-14(12-13)21-19(24)16-9-5-11-23(16)18-15-8-2-3-10-17(15)29(26,27)22-18/h2-4,6-8,10,12,16H,5,9,11H2,1H3,(H,21,24)/t16-/m0/s1. The van der Waals surface area contributed by atoms with Crippen LogP contribution < -0.4 is 5.32 Å². The Morgan fingerprint density at radius 3 is 2.76 bits per heavy atom. The van der Waals surface area contributed by atoms with Gasteiger partial charge >= 0.3 is 5.97 Å². The van der Waals surface area contributed by atoms with Gasteiger partial charge in [0, 0.05) is 17.8 Å². The lowest BCUT2D eigenvalue weighted by Crippen LogP contribution is -2.43. The van der Waals surface area contributed by atoms with Gasteiger partial charge < -0.3 is 15.0 Å². The number of hydrogen-bond acceptors (Lipinski definition) is 6. The van der Waals surface area contributed by atoms with Crippen LogP contribution in [-0.2, 0) is 19.6 Å². The molecular weight excluding hydrogens is 394 g/mol. The van der Waals surface area contributed by atoms with E-state index in [1.165, 1.54) is 19.2 Å². The minimum atomic E-state index is -3.76. The third-order valence-electron chi connectivity index (χ3n) is 4.99. The lowest BCUT2D eigenvalue weighted by Gasteiger charge is -2.25. The fraction of sp³-hybridized carbons (Fsp3) is 0.250. The second-order valence-electron chi connectivity index (χ2n) is 6.80. The first-order valence-corrected chi connectivity index (χ1v) is 10.5. The van der Waals surface area contributed by atoms with Crippen LogP contribution in [-0.4, -0.2) is 50.7 Å². The molecule has 0 aromatic heterocycles. The predicted molar refractivity (Wildman–Crippen MR) is 106 cm³/mol. The monoisotopic (exact) mass is 413 g/mol. The zero-order valence-electron chi connectivity index (χ0n) is 15.7. The van der Waals surface area contributed by atoms with Crippen LogP contribution in [0, 0.1) is 0 Å². The van der Waals surface area contributed by atoms with Gasteiger partial charge in [0.1, 0.15) is 10.9 Å². The number of fused-ring (bicyclic) bond motifs is 1. The highest BCUT2D eigenvalue weighted by molar-refractivity contribution is 7.90. The molecule has 4 rings (SSSR count). The quantitative estimate of drug-likeness (QED) is 0.772. The first-order valence-electron chi connectivity index (χ1n) is 9.11. The molecule has 1 atom stereocenters. The predicted octanol–water partition coefficient (Wildman–Crippen LogP) is 2.03. The first-order chi connectivity index (χ1) is 13.9. The van der Waals surface area contributed by atoms with Gasteiger partial charge in [-0.2, -0.15) is 8.42 Å². The van der Waals surface area contributed by atoms with Crippen LogP contribution in [0.15, 0.2) is 57.8 Å². The molecule has 0 radical (unpaired) electrons. The zero-order valence-corrected chi connectivity index (χ0v) is 16.5. The van der Waals surface area contributed by atoms with E-state index in [-0.39, 0.29) is 10.8 Å². The summed E-state index contributed by atoms with van der Waals surface area (Å²) in [5, 5.41) is 2.81. The molecule has 2 aliphatic heterocycles. The summed E-state index contributed by atoms with van der Waals surface area (Å²) >= 11 is 0. The Kier molecular flexibility index (Phi) is 4.83. The highest BCUT2D eigenvalue weighted by Crippen LogP contribution is 2.31. The van der Waals surface area contributed by atoms with Crippen molar-refractivity contribution in [1.82, 2.24) is 4.90 Å². The largest absolute Gasteiger partial charge is 0.465 e. The minimum Gasteiger partial charge on any atom is -0.465 e. The van der Waals surface area contributed by atoms with E-state index < -0.39 is 22.0 Å². The molecule has 0 spiro atoms. The van der Waals surface area contributed by atoms with E-state index in [4.69, 9.17) is 4.74 Å². The molecule has 8 nitrogen and oxygen atoms in total. The molecule has 1 fully saturated rings. The molecule has 2 aliphatic rings. The molecule has 1 N–H and O–H groups in total. The number of benzene rings is 2. The van der Waals surface area contributed by atoms with Crippen molar-refractivity contribution in [3.63, 3.8) is 0 Å². The number of sulfonamides is 1. The number of anilines is 1. The van der Waals surface area contributed by atoms with E-state index in [2.05, 4.69) is 9.71 Å². The fourth-order valence-corrected chi connectivity index (χ4v) is 4.87. The highest BCUT2D eigenvalue weighted by atomic mass is 32.2. The molecule has 0 unspecified atom stereocenters. The number of nitrogens with one attached hydrogen (secondary N) is 1. The van der Waals surface area contributed by atoms with Crippen LogP contribution in [0.4, 0.5) is 5.69 Å². The van der Waals surface area contributed by atoms with Crippen molar-refractivity contribution in [2.45, 2.75) is 23.8 Å². The number of likely N-dealkylation sites (tertiary alicyclic amines) is 1. The SMILES string of the molecule is COC(=O)c1cccc(NC(=O)[C@@H]2CCCN2C2=NS(=O)(=O)c3ccccc32)c1. The summed E-state index contributed by atoms with van der Waals surface area (Å²) in [5.74, 6) is -0.471. The maximum Gasteiger partial charge on any atom is 0.337 e. The van der Waals surface area contributed by atoms with Crippen LogP contribution >= 0.6 is 0 Å². The number of esters is 1. The van der Waals surface area contributed by atoms with Crippen LogP contribution in [0.3, 0.4) is 0 Å².